The maximum atomic E-state index is 12.1. The lowest BCUT2D eigenvalue weighted by atomic mass is 10.00. The number of nitro benzene ring substituents is 1. The van der Waals surface area contributed by atoms with Crippen LogP contribution >= 0.6 is 0 Å². The minimum Gasteiger partial charge on any atom is -0.383 e. The van der Waals surface area contributed by atoms with Gasteiger partial charge in [-0.3, -0.25) is 10.1 Å². The maximum Gasteiger partial charge on any atom is 0.270 e. The molecule has 0 bridgehead atoms. The Balaban J connectivity index is 2.30. The van der Waals surface area contributed by atoms with Crippen molar-refractivity contribution in [2.45, 2.75) is 11.8 Å². The second-order valence-corrected chi connectivity index (χ2v) is 6.94. The number of benzene rings is 2. The molecule has 0 aliphatic carbocycles. The van der Waals surface area contributed by atoms with Gasteiger partial charge in [0.1, 0.15) is 0 Å². The van der Waals surface area contributed by atoms with Crippen LogP contribution < -0.4 is 4.72 Å². The highest BCUT2D eigenvalue weighted by Gasteiger charge is 2.15. The molecule has 0 saturated carbocycles. The predicted molar refractivity (Wildman–Crippen MR) is 90.3 cm³/mol. The Morgan fingerprint density at radius 1 is 1.17 bits per heavy atom. The highest BCUT2D eigenvalue weighted by Crippen LogP contribution is 2.28. The molecule has 128 valence electrons. The van der Waals surface area contributed by atoms with Gasteiger partial charge in [-0.05, 0) is 35.7 Å². The molecule has 0 saturated heterocycles. The average molecular weight is 350 g/mol. The quantitative estimate of drug-likeness (QED) is 0.470. The summed E-state index contributed by atoms with van der Waals surface area (Å²) in [5.41, 5.74) is 2.27. The monoisotopic (exact) mass is 350 g/mol. The van der Waals surface area contributed by atoms with Gasteiger partial charge in [-0.2, -0.15) is 0 Å². The van der Waals surface area contributed by atoms with E-state index in [0.29, 0.717) is 11.1 Å². The van der Waals surface area contributed by atoms with Crippen LogP contribution in [0.4, 0.5) is 5.69 Å². The first kappa shape index (κ1) is 18.1. The van der Waals surface area contributed by atoms with Crippen molar-refractivity contribution in [2.24, 2.45) is 0 Å². The van der Waals surface area contributed by atoms with Crippen molar-refractivity contribution in [1.82, 2.24) is 4.72 Å². The topological polar surface area (TPSA) is 98.5 Å². The Hall–Kier alpha value is -2.29. The third kappa shape index (κ3) is 4.16. The minimum absolute atomic E-state index is 0.00599. The van der Waals surface area contributed by atoms with Crippen molar-refractivity contribution in [3.63, 3.8) is 0 Å². The highest BCUT2D eigenvalue weighted by molar-refractivity contribution is 7.89. The molecule has 0 aromatic heterocycles. The van der Waals surface area contributed by atoms with Crippen LogP contribution in [0.15, 0.2) is 47.4 Å². The maximum absolute atomic E-state index is 12.1. The smallest absolute Gasteiger partial charge is 0.270 e. The van der Waals surface area contributed by atoms with Gasteiger partial charge in [-0.15, -0.1) is 0 Å². The second-order valence-electron chi connectivity index (χ2n) is 5.17. The standard InChI is InChI=1S/C16H18N2O5S/c1-12-3-6-14(18(19)20)11-16(12)13-4-7-15(8-5-13)24(21,22)17-9-10-23-2/h3-8,11,17H,9-10H2,1-2H3. The third-order valence-electron chi connectivity index (χ3n) is 3.51. The van der Waals surface area contributed by atoms with E-state index in [1.54, 1.807) is 18.2 Å². The summed E-state index contributed by atoms with van der Waals surface area (Å²) < 4.78 is 31.5. The average Bonchev–Trinajstić information content (AvgIpc) is 2.55. The summed E-state index contributed by atoms with van der Waals surface area (Å²) in [6, 6.07) is 10.8. The Morgan fingerprint density at radius 3 is 2.42 bits per heavy atom. The van der Waals surface area contributed by atoms with Gasteiger partial charge in [0.05, 0.1) is 16.4 Å². The first-order chi connectivity index (χ1) is 11.3. The van der Waals surface area contributed by atoms with Gasteiger partial charge < -0.3 is 4.74 Å². The number of hydrogen-bond donors (Lipinski definition) is 1. The fraction of sp³-hybridized carbons (Fsp3) is 0.250. The molecule has 0 unspecified atom stereocenters. The summed E-state index contributed by atoms with van der Waals surface area (Å²) >= 11 is 0. The zero-order chi connectivity index (χ0) is 17.7. The van der Waals surface area contributed by atoms with Crippen molar-refractivity contribution in [3.8, 4) is 11.1 Å². The van der Waals surface area contributed by atoms with Crippen LogP contribution in [0.2, 0.25) is 0 Å². The molecule has 2 aromatic carbocycles. The zero-order valence-electron chi connectivity index (χ0n) is 13.4. The number of methoxy groups -OCH3 is 1. The largest absolute Gasteiger partial charge is 0.383 e. The van der Waals surface area contributed by atoms with Crippen molar-refractivity contribution in [1.29, 1.82) is 0 Å². The summed E-state index contributed by atoms with van der Waals surface area (Å²) in [6.45, 7) is 2.31. The van der Waals surface area contributed by atoms with Crippen LogP contribution in [-0.4, -0.2) is 33.6 Å². The molecular formula is C16H18N2O5S. The van der Waals surface area contributed by atoms with E-state index in [4.69, 9.17) is 4.74 Å². The molecule has 2 aromatic rings. The Labute approximate surface area is 140 Å². The van der Waals surface area contributed by atoms with E-state index in [-0.39, 0.29) is 23.7 Å². The van der Waals surface area contributed by atoms with Crippen LogP contribution in [0.25, 0.3) is 11.1 Å². The lowest BCUT2D eigenvalue weighted by Gasteiger charge is -2.09. The van der Waals surface area contributed by atoms with Crippen LogP contribution in [0.5, 0.6) is 0 Å². The molecule has 0 aliphatic heterocycles. The first-order valence-electron chi connectivity index (χ1n) is 7.19. The molecule has 24 heavy (non-hydrogen) atoms. The normalized spacial score (nSPS) is 11.4. The molecule has 0 heterocycles. The fourth-order valence-electron chi connectivity index (χ4n) is 2.21. The minimum atomic E-state index is -3.60. The van der Waals surface area contributed by atoms with Gasteiger partial charge >= 0.3 is 0 Å². The Morgan fingerprint density at radius 2 is 1.83 bits per heavy atom. The van der Waals surface area contributed by atoms with E-state index in [0.717, 1.165) is 5.56 Å². The number of aryl methyl sites for hydroxylation is 1. The molecule has 0 spiro atoms. The number of sulfonamides is 1. The number of non-ortho nitro benzene ring substituents is 1. The molecule has 1 N–H and O–H groups in total. The summed E-state index contributed by atoms with van der Waals surface area (Å²) in [5.74, 6) is 0. The zero-order valence-corrected chi connectivity index (χ0v) is 14.2. The summed E-state index contributed by atoms with van der Waals surface area (Å²) in [5, 5.41) is 10.9. The van der Waals surface area contributed by atoms with E-state index in [1.807, 2.05) is 6.92 Å². The highest BCUT2D eigenvalue weighted by atomic mass is 32.2. The summed E-state index contributed by atoms with van der Waals surface area (Å²) in [7, 11) is -2.11. The van der Waals surface area contributed by atoms with Crippen LogP contribution in [-0.2, 0) is 14.8 Å². The van der Waals surface area contributed by atoms with Crippen LogP contribution in [0, 0.1) is 17.0 Å². The molecule has 2 rings (SSSR count). The first-order valence-corrected chi connectivity index (χ1v) is 8.67. The Kier molecular flexibility index (Phi) is 5.66. The van der Waals surface area contributed by atoms with Crippen LogP contribution in [0.1, 0.15) is 5.56 Å². The molecule has 0 fully saturated rings. The van der Waals surface area contributed by atoms with Crippen molar-refractivity contribution >= 4 is 15.7 Å². The van der Waals surface area contributed by atoms with E-state index in [1.165, 1.54) is 31.4 Å². The predicted octanol–water partition coefficient (Wildman–Crippen LogP) is 2.49. The van der Waals surface area contributed by atoms with E-state index in [2.05, 4.69) is 4.72 Å². The molecule has 7 nitrogen and oxygen atoms in total. The van der Waals surface area contributed by atoms with Crippen molar-refractivity contribution in [2.75, 3.05) is 20.3 Å². The van der Waals surface area contributed by atoms with Crippen LogP contribution in [0.3, 0.4) is 0 Å². The third-order valence-corrected chi connectivity index (χ3v) is 4.98. The van der Waals surface area contributed by atoms with Crippen molar-refractivity contribution < 1.29 is 18.1 Å². The molecule has 8 heteroatoms. The van der Waals surface area contributed by atoms with Gasteiger partial charge in [-0.1, -0.05) is 18.2 Å². The second kappa shape index (κ2) is 7.52. The molecular weight excluding hydrogens is 332 g/mol. The van der Waals surface area contributed by atoms with Gasteiger partial charge in [0, 0.05) is 25.8 Å². The van der Waals surface area contributed by atoms with Gasteiger partial charge in [-0.25, -0.2) is 13.1 Å². The molecule has 0 aliphatic rings. The number of ether oxygens (including phenoxy) is 1. The van der Waals surface area contributed by atoms with Gasteiger partial charge in [0.2, 0.25) is 10.0 Å². The number of rotatable bonds is 7. The Bertz CT molecular complexity index is 832. The van der Waals surface area contributed by atoms with Gasteiger partial charge in [0.15, 0.2) is 0 Å². The summed E-state index contributed by atoms with van der Waals surface area (Å²) in [4.78, 5) is 10.6. The van der Waals surface area contributed by atoms with Crippen molar-refractivity contribution in [3.05, 3.63) is 58.1 Å². The van der Waals surface area contributed by atoms with E-state index in [9.17, 15) is 18.5 Å². The molecule has 0 atom stereocenters. The number of nitro groups is 1. The summed E-state index contributed by atoms with van der Waals surface area (Å²) in [6.07, 6.45) is 0. The van der Waals surface area contributed by atoms with Gasteiger partial charge in [0.25, 0.3) is 5.69 Å². The fourth-order valence-corrected chi connectivity index (χ4v) is 3.22. The SMILES string of the molecule is COCCNS(=O)(=O)c1ccc(-c2cc([N+](=O)[O-])ccc2C)cc1. The van der Waals surface area contributed by atoms with E-state index >= 15 is 0 Å². The lowest BCUT2D eigenvalue weighted by Crippen LogP contribution is -2.27. The number of nitrogens with one attached hydrogen (secondary N) is 1. The molecule has 0 amide bonds. The number of nitrogens with zero attached hydrogens (tertiary/aromatic N) is 1. The molecule has 0 radical (unpaired) electrons. The van der Waals surface area contributed by atoms with E-state index < -0.39 is 14.9 Å². The number of hydrogen-bond acceptors (Lipinski definition) is 5. The lowest BCUT2D eigenvalue weighted by molar-refractivity contribution is -0.384.